The van der Waals surface area contributed by atoms with Crippen LogP contribution >= 0.6 is 0 Å². The number of anilines is 1. The molecule has 0 bridgehead atoms. The number of Topliss-reactive ketones (excluding diaryl/α,β-unsaturated/α-hetero) is 1. The Labute approximate surface area is 216 Å². The van der Waals surface area contributed by atoms with Gasteiger partial charge in [0.25, 0.3) is 11.7 Å². The zero-order chi connectivity index (χ0) is 27.6. The van der Waals surface area contributed by atoms with Gasteiger partial charge in [-0.1, -0.05) is 18.2 Å². The van der Waals surface area contributed by atoms with E-state index >= 15 is 0 Å². The molecule has 1 N–H and O–H groups in total. The summed E-state index contributed by atoms with van der Waals surface area (Å²) in [4.78, 5) is 27.6. The molecule has 1 saturated heterocycles. The number of carbonyl (C=O) groups is 2. The molecule has 1 heterocycles. The van der Waals surface area contributed by atoms with Crippen molar-refractivity contribution in [2.45, 2.75) is 26.3 Å². The van der Waals surface area contributed by atoms with E-state index in [1.165, 1.54) is 19.2 Å². The second kappa shape index (κ2) is 10.5. The largest absolute Gasteiger partial charge is 0.573 e. The molecular weight excluding hydrogens is 503 g/mol. The summed E-state index contributed by atoms with van der Waals surface area (Å²) in [5, 5.41) is 11.3. The molecule has 3 aromatic rings. The third kappa shape index (κ3) is 5.29. The normalized spacial score (nSPS) is 17.0. The molecule has 198 valence electrons. The van der Waals surface area contributed by atoms with Crippen LogP contribution in [0.1, 0.15) is 29.7 Å². The third-order valence-electron chi connectivity index (χ3n) is 5.95. The van der Waals surface area contributed by atoms with E-state index in [4.69, 9.17) is 9.47 Å². The summed E-state index contributed by atoms with van der Waals surface area (Å²) < 4.78 is 53.3. The molecule has 0 aromatic heterocycles. The number of carbonyl (C=O) groups excluding carboxylic acids is 2. The average molecular weight is 527 g/mol. The number of ketones is 1. The van der Waals surface area contributed by atoms with Crippen LogP contribution in [0.5, 0.6) is 17.2 Å². The highest BCUT2D eigenvalue weighted by molar-refractivity contribution is 6.51. The van der Waals surface area contributed by atoms with E-state index in [1.54, 1.807) is 49.4 Å². The quantitative estimate of drug-likeness (QED) is 0.233. The van der Waals surface area contributed by atoms with Crippen molar-refractivity contribution in [1.82, 2.24) is 0 Å². The number of halogens is 3. The summed E-state index contributed by atoms with van der Waals surface area (Å²) in [6.45, 7) is 4.04. The minimum atomic E-state index is -4.95. The molecule has 1 unspecified atom stereocenters. The summed E-state index contributed by atoms with van der Waals surface area (Å²) in [6.07, 6.45) is -4.95. The number of alkyl halides is 3. The van der Waals surface area contributed by atoms with E-state index in [0.29, 0.717) is 29.2 Å². The molecule has 1 aliphatic heterocycles. The summed E-state index contributed by atoms with van der Waals surface area (Å²) in [5.74, 6) is -1.89. The van der Waals surface area contributed by atoms with Gasteiger partial charge in [-0.3, -0.25) is 14.5 Å². The summed E-state index contributed by atoms with van der Waals surface area (Å²) in [7, 11) is 1.47. The number of amides is 1. The molecule has 3 aromatic carbocycles. The molecule has 10 heteroatoms. The SMILES string of the molecule is CCOc1ccc(/C(O)=C2\C(=O)C(=O)N(c3cccc(OC(F)(F)F)c3)C2c2ccc(OC)cc2)cc1C. The number of aliphatic hydroxyl groups excluding tert-OH is 1. The van der Waals surface area contributed by atoms with Crippen molar-refractivity contribution in [3.8, 4) is 17.2 Å². The Morgan fingerprint density at radius 1 is 1.00 bits per heavy atom. The molecule has 0 radical (unpaired) electrons. The van der Waals surface area contributed by atoms with Gasteiger partial charge in [-0.05, 0) is 67.4 Å². The van der Waals surface area contributed by atoms with E-state index in [1.807, 2.05) is 6.92 Å². The molecule has 1 amide bonds. The van der Waals surface area contributed by atoms with Crippen LogP contribution < -0.4 is 19.1 Å². The first-order chi connectivity index (χ1) is 18.0. The molecule has 1 atom stereocenters. The summed E-state index contributed by atoms with van der Waals surface area (Å²) in [6, 6.07) is 14.9. The van der Waals surface area contributed by atoms with E-state index < -0.39 is 35.6 Å². The topological polar surface area (TPSA) is 85.3 Å². The number of hydrogen-bond acceptors (Lipinski definition) is 6. The lowest BCUT2D eigenvalue weighted by Gasteiger charge is -2.26. The van der Waals surface area contributed by atoms with Crippen LogP contribution in [-0.2, 0) is 9.59 Å². The van der Waals surface area contributed by atoms with Crippen LogP contribution in [0.2, 0.25) is 0 Å². The van der Waals surface area contributed by atoms with Crippen LogP contribution in [0.15, 0.2) is 72.3 Å². The molecule has 0 spiro atoms. The van der Waals surface area contributed by atoms with Gasteiger partial charge in [0.05, 0.1) is 25.3 Å². The predicted molar refractivity (Wildman–Crippen MR) is 133 cm³/mol. The van der Waals surface area contributed by atoms with Gasteiger partial charge in [0, 0.05) is 17.3 Å². The van der Waals surface area contributed by atoms with E-state index in [-0.39, 0.29) is 16.8 Å². The molecular formula is C28H24F3NO6. The van der Waals surface area contributed by atoms with E-state index in [0.717, 1.165) is 17.0 Å². The molecule has 38 heavy (non-hydrogen) atoms. The van der Waals surface area contributed by atoms with Crippen molar-refractivity contribution >= 4 is 23.1 Å². The highest BCUT2D eigenvalue weighted by Crippen LogP contribution is 2.43. The smallest absolute Gasteiger partial charge is 0.507 e. The van der Waals surface area contributed by atoms with Gasteiger partial charge in [0.1, 0.15) is 23.0 Å². The van der Waals surface area contributed by atoms with Crippen molar-refractivity contribution in [1.29, 1.82) is 0 Å². The molecule has 0 saturated carbocycles. The Bertz CT molecular complexity index is 1400. The minimum Gasteiger partial charge on any atom is -0.507 e. The lowest BCUT2D eigenvalue weighted by molar-refractivity contribution is -0.274. The number of aryl methyl sites for hydroxylation is 1. The van der Waals surface area contributed by atoms with Crippen molar-refractivity contribution in [2.75, 3.05) is 18.6 Å². The number of hydrogen-bond donors (Lipinski definition) is 1. The summed E-state index contributed by atoms with van der Waals surface area (Å²) in [5.41, 5.74) is 1.17. The molecule has 4 rings (SSSR count). The van der Waals surface area contributed by atoms with Crippen molar-refractivity contribution in [3.05, 3.63) is 89.0 Å². The maximum atomic E-state index is 13.3. The van der Waals surface area contributed by atoms with Gasteiger partial charge in [0.2, 0.25) is 0 Å². The van der Waals surface area contributed by atoms with Gasteiger partial charge in [-0.15, -0.1) is 13.2 Å². The van der Waals surface area contributed by atoms with Gasteiger partial charge in [-0.2, -0.15) is 0 Å². The molecule has 1 aliphatic rings. The number of rotatable bonds is 7. The number of ether oxygens (including phenoxy) is 3. The van der Waals surface area contributed by atoms with Crippen molar-refractivity contribution in [3.63, 3.8) is 0 Å². The fourth-order valence-electron chi connectivity index (χ4n) is 4.30. The van der Waals surface area contributed by atoms with Crippen LogP contribution in [0, 0.1) is 6.92 Å². The highest BCUT2D eigenvalue weighted by atomic mass is 19.4. The van der Waals surface area contributed by atoms with Crippen molar-refractivity contribution in [2.24, 2.45) is 0 Å². The lowest BCUT2D eigenvalue weighted by atomic mass is 9.94. The first kappa shape index (κ1) is 26.6. The van der Waals surface area contributed by atoms with Crippen LogP contribution in [0.4, 0.5) is 18.9 Å². The second-order valence-electron chi connectivity index (χ2n) is 8.40. The highest BCUT2D eigenvalue weighted by Gasteiger charge is 2.47. The van der Waals surface area contributed by atoms with Gasteiger partial charge in [0.15, 0.2) is 0 Å². The average Bonchev–Trinajstić information content (AvgIpc) is 3.14. The minimum absolute atomic E-state index is 0.0170. The van der Waals surface area contributed by atoms with Gasteiger partial charge >= 0.3 is 6.36 Å². The maximum Gasteiger partial charge on any atom is 0.573 e. The Balaban J connectivity index is 1.88. The van der Waals surface area contributed by atoms with Crippen LogP contribution in [-0.4, -0.2) is 36.9 Å². The summed E-state index contributed by atoms with van der Waals surface area (Å²) >= 11 is 0. The number of benzene rings is 3. The standard InChI is InChI=1S/C28H24F3NO6/c1-4-37-22-13-10-18(14-16(22)2)25(33)23-24(17-8-11-20(36-3)12-9-17)32(27(35)26(23)34)19-6-5-7-21(15-19)38-28(29,30)31/h5-15,24,33H,4H2,1-3H3/b25-23+. The van der Waals surface area contributed by atoms with E-state index in [9.17, 15) is 27.9 Å². The third-order valence-corrected chi connectivity index (χ3v) is 5.95. The number of aliphatic hydroxyl groups is 1. The molecule has 1 fully saturated rings. The van der Waals surface area contributed by atoms with E-state index in [2.05, 4.69) is 4.74 Å². The number of nitrogens with zero attached hydrogens (tertiary/aromatic N) is 1. The van der Waals surface area contributed by atoms with Crippen molar-refractivity contribution < 1.29 is 42.1 Å². The lowest BCUT2D eigenvalue weighted by Crippen LogP contribution is -2.29. The Morgan fingerprint density at radius 2 is 1.71 bits per heavy atom. The molecule has 7 nitrogen and oxygen atoms in total. The Kier molecular flexibility index (Phi) is 7.34. The molecule has 0 aliphatic carbocycles. The number of methoxy groups -OCH3 is 1. The fourth-order valence-corrected chi connectivity index (χ4v) is 4.30. The monoisotopic (exact) mass is 527 g/mol. The zero-order valence-electron chi connectivity index (χ0n) is 20.7. The van der Waals surface area contributed by atoms with Crippen LogP contribution in [0.25, 0.3) is 5.76 Å². The Hall–Kier alpha value is -4.47. The maximum absolute atomic E-state index is 13.3. The predicted octanol–water partition coefficient (Wildman–Crippen LogP) is 5.93. The van der Waals surface area contributed by atoms with Gasteiger partial charge < -0.3 is 19.3 Å². The van der Waals surface area contributed by atoms with Gasteiger partial charge in [-0.25, -0.2) is 0 Å². The zero-order valence-corrected chi connectivity index (χ0v) is 20.7. The van der Waals surface area contributed by atoms with Crippen LogP contribution in [0.3, 0.4) is 0 Å². The second-order valence-corrected chi connectivity index (χ2v) is 8.40. The fraction of sp³-hybridized carbons (Fsp3) is 0.214. The first-order valence-electron chi connectivity index (χ1n) is 11.6. The Morgan fingerprint density at radius 3 is 2.32 bits per heavy atom. The first-order valence-corrected chi connectivity index (χ1v) is 11.6.